The molecule has 0 atom stereocenters. The summed E-state index contributed by atoms with van der Waals surface area (Å²) in [6.07, 6.45) is 3.40. The largest absolute Gasteiger partial charge is 0.423 e. The molecule has 0 saturated heterocycles. The number of aromatic nitrogens is 1. The van der Waals surface area contributed by atoms with Gasteiger partial charge in [0.1, 0.15) is 5.75 Å². The third kappa shape index (κ3) is 3.84. The summed E-state index contributed by atoms with van der Waals surface area (Å²) in [6, 6.07) is 10.7. The maximum absolute atomic E-state index is 11.4. The van der Waals surface area contributed by atoms with E-state index in [1.165, 1.54) is 0 Å². The number of esters is 1. The van der Waals surface area contributed by atoms with Gasteiger partial charge < -0.3 is 15.6 Å². The molecule has 102 valence electrons. The van der Waals surface area contributed by atoms with Crippen LogP contribution in [0.25, 0.3) is 0 Å². The number of pyridine rings is 1. The quantitative estimate of drug-likeness (QED) is 0.378. The maximum atomic E-state index is 11.4. The highest BCUT2D eigenvalue weighted by Gasteiger charge is 2.04. The van der Waals surface area contributed by atoms with Gasteiger partial charge in [-0.25, -0.2) is 4.79 Å². The highest BCUT2D eigenvalue weighted by molar-refractivity contribution is 5.88. The Hall–Kier alpha value is -2.82. The highest BCUT2D eigenvalue weighted by Crippen LogP contribution is 2.17. The van der Waals surface area contributed by atoms with Gasteiger partial charge in [-0.15, -0.1) is 0 Å². The van der Waals surface area contributed by atoms with Gasteiger partial charge in [0.25, 0.3) is 0 Å². The van der Waals surface area contributed by atoms with Crippen molar-refractivity contribution in [1.29, 1.82) is 0 Å². The standard InChI is InChI=1S/C15H15N3O2/c1-11(2)15(19)20-14-5-3-12(4-6-14)17-18-13-7-9-16-10-8-13/h3-10,17H,1H2,2H3,(H,16,18). The molecule has 0 unspecified atom stereocenters. The Labute approximate surface area is 117 Å². The number of hydrazine groups is 1. The van der Waals surface area contributed by atoms with Crippen LogP contribution in [-0.2, 0) is 4.79 Å². The first-order valence-corrected chi connectivity index (χ1v) is 6.05. The van der Waals surface area contributed by atoms with Crippen LogP contribution in [0, 0.1) is 0 Å². The fourth-order valence-electron chi connectivity index (χ4n) is 1.38. The Balaban J connectivity index is 1.91. The molecule has 0 bridgehead atoms. The lowest BCUT2D eigenvalue weighted by Crippen LogP contribution is -2.09. The lowest BCUT2D eigenvalue weighted by atomic mass is 10.3. The van der Waals surface area contributed by atoms with Crippen LogP contribution in [0.4, 0.5) is 11.4 Å². The average molecular weight is 269 g/mol. The number of carbonyl (C=O) groups excluding carboxylic acids is 1. The molecule has 1 heterocycles. The fraction of sp³-hybridized carbons (Fsp3) is 0.0667. The minimum absolute atomic E-state index is 0.367. The molecule has 0 fully saturated rings. The van der Waals surface area contributed by atoms with Crippen molar-refractivity contribution in [1.82, 2.24) is 4.98 Å². The van der Waals surface area contributed by atoms with E-state index in [9.17, 15) is 4.79 Å². The monoisotopic (exact) mass is 269 g/mol. The summed E-state index contributed by atoms with van der Waals surface area (Å²) in [5.74, 6) is 0.0491. The molecule has 5 heteroatoms. The van der Waals surface area contributed by atoms with E-state index in [0.29, 0.717) is 11.3 Å². The summed E-state index contributed by atoms with van der Waals surface area (Å²) in [7, 11) is 0. The number of nitrogens with one attached hydrogen (secondary N) is 2. The number of benzene rings is 1. The van der Waals surface area contributed by atoms with Gasteiger partial charge in [-0.2, -0.15) is 0 Å². The van der Waals surface area contributed by atoms with Gasteiger partial charge >= 0.3 is 5.97 Å². The zero-order chi connectivity index (χ0) is 14.4. The normalized spacial score (nSPS) is 9.65. The highest BCUT2D eigenvalue weighted by atomic mass is 16.5. The summed E-state index contributed by atoms with van der Waals surface area (Å²) in [5.41, 5.74) is 8.17. The molecule has 0 aliphatic heterocycles. The molecule has 2 aromatic rings. The second kappa shape index (κ2) is 6.38. The second-order valence-electron chi connectivity index (χ2n) is 4.18. The third-order valence-electron chi connectivity index (χ3n) is 2.44. The number of hydrogen-bond donors (Lipinski definition) is 2. The fourth-order valence-corrected chi connectivity index (χ4v) is 1.38. The van der Waals surface area contributed by atoms with E-state index in [-0.39, 0.29) is 0 Å². The van der Waals surface area contributed by atoms with E-state index in [1.54, 1.807) is 43.6 Å². The molecule has 0 spiro atoms. The SMILES string of the molecule is C=C(C)C(=O)Oc1ccc(NNc2ccncc2)cc1. The minimum Gasteiger partial charge on any atom is -0.423 e. The Bertz CT molecular complexity index is 594. The van der Waals surface area contributed by atoms with E-state index >= 15 is 0 Å². The van der Waals surface area contributed by atoms with E-state index in [0.717, 1.165) is 11.4 Å². The summed E-state index contributed by atoms with van der Waals surface area (Å²) in [6.45, 7) is 5.14. The molecule has 0 radical (unpaired) electrons. The zero-order valence-electron chi connectivity index (χ0n) is 11.1. The van der Waals surface area contributed by atoms with Gasteiger partial charge in [0, 0.05) is 18.0 Å². The molecule has 5 nitrogen and oxygen atoms in total. The molecule has 2 N–H and O–H groups in total. The van der Waals surface area contributed by atoms with Crippen molar-refractivity contribution in [2.75, 3.05) is 10.9 Å². The molecule has 2 rings (SSSR count). The van der Waals surface area contributed by atoms with Crippen LogP contribution in [0.15, 0.2) is 60.9 Å². The Morgan fingerprint density at radius 1 is 1.05 bits per heavy atom. The predicted octanol–water partition coefficient (Wildman–Crippen LogP) is 3.00. The van der Waals surface area contributed by atoms with E-state index in [1.807, 2.05) is 12.1 Å². The van der Waals surface area contributed by atoms with Crippen LogP contribution < -0.4 is 15.6 Å². The number of carbonyl (C=O) groups is 1. The summed E-state index contributed by atoms with van der Waals surface area (Å²) in [5, 5.41) is 0. The molecule has 20 heavy (non-hydrogen) atoms. The topological polar surface area (TPSA) is 63.2 Å². The van der Waals surface area contributed by atoms with Crippen LogP contribution in [0.3, 0.4) is 0 Å². The first kappa shape index (κ1) is 13.6. The molecular weight excluding hydrogens is 254 g/mol. The van der Waals surface area contributed by atoms with E-state index in [2.05, 4.69) is 22.4 Å². The van der Waals surface area contributed by atoms with E-state index in [4.69, 9.17) is 4.74 Å². The molecule has 1 aromatic carbocycles. The van der Waals surface area contributed by atoms with Crippen LogP contribution in [0.2, 0.25) is 0 Å². The average Bonchev–Trinajstić information content (AvgIpc) is 2.47. The van der Waals surface area contributed by atoms with Crippen molar-refractivity contribution in [3.8, 4) is 5.75 Å². The first-order chi connectivity index (χ1) is 9.65. The van der Waals surface area contributed by atoms with Crippen LogP contribution in [0.5, 0.6) is 5.75 Å². The smallest absolute Gasteiger partial charge is 0.338 e. The van der Waals surface area contributed by atoms with Crippen molar-refractivity contribution in [3.05, 3.63) is 60.9 Å². The number of anilines is 2. The summed E-state index contributed by atoms with van der Waals surface area (Å²) in [4.78, 5) is 15.3. The molecule has 0 saturated carbocycles. The molecule has 0 aliphatic rings. The van der Waals surface area contributed by atoms with Gasteiger partial charge in [-0.3, -0.25) is 4.98 Å². The van der Waals surface area contributed by atoms with Gasteiger partial charge in [-0.1, -0.05) is 6.58 Å². The Morgan fingerprint density at radius 3 is 2.15 bits per heavy atom. The minimum atomic E-state index is -0.430. The van der Waals surface area contributed by atoms with Gasteiger partial charge in [0.15, 0.2) is 0 Å². The first-order valence-electron chi connectivity index (χ1n) is 6.05. The van der Waals surface area contributed by atoms with Gasteiger partial charge in [0.05, 0.1) is 11.4 Å². The van der Waals surface area contributed by atoms with Gasteiger partial charge in [-0.05, 0) is 43.3 Å². The number of rotatable bonds is 5. The lowest BCUT2D eigenvalue weighted by Gasteiger charge is -2.10. The van der Waals surface area contributed by atoms with E-state index < -0.39 is 5.97 Å². The van der Waals surface area contributed by atoms with Crippen molar-refractivity contribution >= 4 is 17.3 Å². The van der Waals surface area contributed by atoms with Crippen molar-refractivity contribution in [2.24, 2.45) is 0 Å². The van der Waals surface area contributed by atoms with Crippen LogP contribution in [0.1, 0.15) is 6.92 Å². The Kier molecular flexibility index (Phi) is 4.34. The molecule has 0 aliphatic carbocycles. The Morgan fingerprint density at radius 2 is 1.60 bits per heavy atom. The molecular formula is C15H15N3O2. The third-order valence-corrected chi connectivity index (χ3v) is 2.44. The van der Waals surface area contributed by atoms with Crippen LogP contribution >= 0.6 is 0 Å². The van der Waals surface area contributed by atoms with Crippen molar-refractivity contribution in [3.63, 3.8) is 0 Å². The molecule has 0 amide bonds. The van der Waals surface area contributed by atoms with Crippen molar-refractivity contribution in [2.45, 2.75) is 6.92 Å². The van der Waals surface area contributed by atoms with Crippen LogP contribution in [-0.4, -0.2) is 11.0 Å². The lowest BCUT2D eigenvalue weighted by molar-refractivity contribution is -0.130. The number of nitrogens with zero attached hydrogens (tertiary/aromatic N) is 1. The number of ether oxygens (including phenoxy) is 1. The summed E-state index contributed by atoms with van der Waals surface area (Å²) < 4.78 is 5.10. The zero-order valence-corrected chi connectivity index (χ0v) is 11.1. The van der Waals surface area contributed by atoms with Gasteiger partial charge in [0.2, 0.25) is 0 Å². The number of hydrogen-bond acceptors (Lipinski definition) is 5. The molecule has 1 aromatic heterocycles. The summed E-state index contributed by atoms with van der Waals surface area (Å²) >= 11 is 0. The van der Waals surface area contributed by atoms with Crippen molar-refractivity contribution < 1.29 is 9.53 Å². The predicted molar refractivity (Wildman–Crippen MR) is 78.4 cm³/mol. The maximum Gasteiger partial charge on any atom is 0.338 e. The second-order valence-corrected chi connectivity index (χ2v) is 4.18.